The molecule has 4 nitrogen and oxygen atoms in total. The maximum Gasteiger partial charge on any atom is 0.157 e. The van der Waals surface area contributed by atoms with E-state index < -0.39 is 9.84 Å². The van der Waals surface area contributed by atoms with Crippen LogP contribution in [0.2, 0.25) is 0 Å². The summed E-state index contributed by atoms with van der Waals surface area (Å²) < 4.78 is 27.8. The minimum atomic E-state index is -2.83. The van der Waals surface area contributed by atoms with Gasteiger partial charge in [-0.05, 0) is 37.0 Å². The number of ether oxygens (including phenoxy) is 1. The Bertz CT molecular complexity index is 551. The van der Waals surface area contributed by atoms with E-state index in [4.69, 9.17) is 10.5 Å². The number of rotatable bonds is 3. The molecular formula is C13H17NO3S. The second-order valence-corrected chi connectivity index (χ2v) is 7.51. The van der Waals surface area contributed by atoms with Crippen LogP contribution in [0.3, 0.4) is 0 Å². The zero-order valence-corrected chi connectivity index (χ0v) is 10.9. The predicted octanol–water partition coefficient (Wildman–Crippen LogP) is 1.20. The van der Waals surface area contributed by atoms with Gasteiger partial charge in [-0.2, -0.15) is 0 Å². The van der Waals surface area contributed by atoms with Crippen LogP contribution < -0.4 is 10.5 Å². The average Bonchev–Trinajstić information content (AvgIpc) is 2.24. The van der Waals surface area contributed by atoms with E-state index in [1.54, 1.807) is 0 Å². The first-order valence-corrected chi connectivity index (χ1v) is 8.06. The molecule has 0 radical (unpaired) electrons. The quantitative estimate of drug-likeness (QED) is 0.893. The van der Waals surface area contributed by atoms with Gasteiger partial charge in [-0.1, -0.05) is 12.1 Å². The van der Waals surface area contributed by atoms with Crippen LogP contribution in [0.5, 0.6) is 5.75 Å². The number of nitrogens with two attached hydrogens (primary N) is 1. The lowest BCUT2D eigenvalue weighted by Gasteiger charge is -2.39. The molecule has 2 N–H and O–H groups in total. The maximum atomic E-state index is 11.1. The van der Waals surface area contributed by atoms with Gasteiger partial charge in [0, 0.05) is 5.54 Å². The van der Waals surface area contributed by atoms with Crippen molar-refractivity contribution in [2.75, 3.05) is 11.5 Å². The van der Waals surface area contributed by atoms with Crippen LogP contribution >= 0.6 is 0 Å². The lowest BCUT2D eigenvalue weighted by molar-refractivity contribution is 0.225. The molecule has 3 rings (SSSR count). The topological polar surface area (TPSA) is 69.4 Å². The highest BCUT2D eigenvalue weighted by Crippen LogP contribution is 2.39. The van der Waals surface area contributed by atoms with E-state index in [0.717, 1.165) is 24.2 Å². The fourth-order valence-corrected chi connectivity index (χ4v) is 3.67. The van der Waals surface area contributed by atoms with Crippen LogP contribution in [-0.2, 0) is 15.4 Å². The summed E-state index contributed by atoms with van der Waals surface area (Å²) in [6.07, 6.45) is 2.99. The van der Waals surface area contributed by atoms with E-state index in [0.29, 0.717) is 0 Å². The number of hydrogen-bond acceptors (Lipinski definition) is 4. The van der Waals surface area contributed by atoms with Gasteiger partial charge in [0.15, 0.2) is 9.84 Å². The summed E-state index contributed by atoms with van der Waals surface area (Å²) in [4.78, 5) is 0. The summed E-state index contributed by atoms with van der Waals surface area (Å²) in [5, 5.41) is 0. The first-order chi connectivity index (χ1) is 8.47. The molecule has 1 saturated heterocycles. The summed E-state index contributed by atoms with van der Waals surface area (Å²) in [6, 6.07) is 7.74. The average molecular weight is 267 g/mol. The summed E-state index contributed by atoms with van der Waals surface area (Å²) in [5.41, 5.74) is 7.15. The third-order valence-electron chi connectivity index (χ3n) is 3.84. The van der Waals surface area contributed by atoms with Gasteiger partial charge in [-0.3, -0.25) is 0 Å². The molecule has 0 aromatic heterocycles. The molecule has 1 aromatic rings. The fraction of sp³-hybridized carbons (Fsp3) is 0.538. The van der Waals surface area contributed by atoms with Crippen LogP contribution in [-0.4, -0.2) is 26.0 Å². The van der Waals surface area contributed by atoms with Gasteiger partial charge in [0.1, 0.15) is 11.9 Å². The van der Waals surface area contributed by atoms with E-state index in [1.807, 2.05) is 24.3 Å². The Kier molecular flexibility index (Phi) is 2.64. The molecule has 1 aliphatic carbocycles. The standard InChI is InChI=1S/C13H17NO3S/c14-13(5-2-6-13)10-3-1-4-11(7-10)17-12-8-18(15,16)9-12/h1,3-4,7,12H,2,5-6,8-9,14H2. The van der Waals surface area contributed by atoms with Gasteiger partial charge in [0.25, 0.3) is 0 Å². The van der Waals surface area contributed by atoms with Gasteiger partial charge in [0.05, 0.1) is 11.5 Å². The summed E-state index contributed by atoms with van der Waals surface area (Å²) >= 11 is 0. The Morgan fingerprint density at radius 1 is 1.28 bits per heavy atom. The molecule has 0 spiro atoms. The molecule has 2 aliphatic rings. The van der Waals surface area contributed by atoms with Crippen LogP contribution in [0.1, 0.15) is 24.8 Å². The Morgan fingerprint density at radius 2 is 2.00 bits per heavy atom. The monoisotopic (exact) mass is 267 g/mol. The van der Waals surface area contributed by atoms with E-state index >= 15 is 0 Å². The van der Waals surface area contributed by atoms with Crippen LogP contribution in [0, 0.1) is 0 Å². The number of hydrogen-bond donors (Lipinski definition) is 1. The highest BCUT2D eigenvalue weighted by Gasteiger charge is 2.36. The Labute approximate surface area is 107 Å². The molecule has 18 heavy (non-hydrogen) atoms. The van der Waals surface area contributed by atoms with Crippen molar-refractivity contribution in [3.05, 3.63) is 29.8 Å². The second-order valence-electron chi connectivity index (χ2n) is 5.35. The zero-order valence-electron chi connectivity index (χ0n) is 10.1. The lowest BCUT2D eigenvalue weighted by Crippen LogP contribution is -2.45. The summed E-state index contributed by atoms with van der Waals surface area (Å²) in [5.74, 6) is 0.986. The van der Waals surface area contributed by atoms with Gasteiger partial charge in [-0.15, -0.1) is 0 Å². The molecule has 0 bridgehead atoms. The van der Waals surface area contributed by atoms with E-state index in [2.05, 4.69) is 0 Å². The summed E-state index contributed by atoms with van der Waals surface area (Å²) in [6.45, 7) is 0. The van der Waals surface area contributed by atoms with Crippen LogP contribution in [0.15, 0.2) is 24.3 Å². The normalized spacial score (nSPS) is 24.9. The smallest absolute Gasteiger partial charge is 0.157 e. The summed E-state index contributed by atoms with van der Waals surface area (Å²) in [7, 11) is -2.83. The van der Waals surface area contributed by atoms with Gasteiger partial charge < -0.3 is 10.5 Å². The van der Waals surface area contributed by atoms with E-state index in [9.17, 15) is 8.42 Å². The molecule has 2 fully saturated rings. The Balaban J connectivity index is 1.72. The largest absolute Gasteiger partial charge is 0.488 e. The molecular weight excluding hydrogens is 250 g/mol. The minimum Gasteiger partial charge on any atom is -0.488 e. The van der Waals surface area contributed by atoms with Crippen molar-refractivity contribution in [3.63, 3.8) is 0 Å². The minimum absolute atomic E-state index is 0.130. The Hall–Kier alpha value is -1.07. The van der Waals surface area contributed by atoms with Crippen molar-refractivity contribution >= 4 is 9.84 Å². The van der Waals surface area contributed by atoms with E-state index in [1.165, 1.54) is 6.42 Å². The first-order valence-electron chi connectivity index (χ1n) is 6.23. The number of sulfone groups is 1. The maximum absolute atomic E-state index is 11.1. The molecule has 98 valence electrons. The molecule has 1 aromatic carbocycles. The molecule has 0 unspecified atom stereocenters. The van der Waals surface area contributed by atoms with Crippen molar-refractivity contribution in [2.24, 2.45) is 5.73 Å². The molecule has 1 heterocycles. The highest BCUT2D eigenvalue weighted by atomic mass is 32.2. The third-order valence-corrected chi connectivity index (χ3v) is 5.60. The molecule has 1 saturated carbocycles. The van der Waals surface area contributed by atoms with Crippen LogP contribution in [0.4, 0.5) is 0 Å². The Morgan fingerprint density at radius 3 is 2.56 bits per heavy atom. The zero-order chi connectivity index (χ0) is 12.8. The fourth-order valence-electron chi connectivity index (χ4n) is 2.50. The van der Waals surface area contributed by atoms with Crippen LogP contribution in [0.25, 0.3) is 0 Å². The molecule has 0 amide bonds. The van der Waals surface area contributed by atoms with Crippen molar-refractivity contribution in [2.45, 2.75) is 30.9 Å². The van der Waals surface area contributed by atoms with Crippen molar-refractivity contribution in [1.29, 1.82) is 0 Å². The predicted molar refractivity (Wildman–Crippen MR) is 69.2 cm³/mol. The van der Waals surface area contributed by atoms with Gasteiger partial charge >= 0.3 is 0 Å². The van der Waals surface area contributed by atoms with Crippen molar-refractivity contribution in [3.8, 4) is 5.75 Å². The van der Waals surface area contributed by atoms with Gasteiger partial charge in [-0.25, -0.2) is 8.42 Å². The molecule has 1 aliphatic heterocycles. The SMILES string of the molecule is NC1(c2cccc(OC3CS(=O)(=O)C3)c2)CCC1. The van der Waals surface area contributed by atoms with E-state index in [-0.39, 0.29) is 23.1 Å². The molecule has 0 atom stereocenters. The van der Waals surface area contributed by atoms with Gasteiger partial charge in [0.2, 0.25) is 0 Å². The highest BCUT2D eigenvalue weighted by molar-refractivity contribution is 7.92. The second kappa shape index (κ2) is 3.96. The van der Waals surface area contributed by atoms with Crippen molar-refractivity contribution < 1.29 is 13.2 Å². The molecule has 5 heteroatoms. The lowest BCUT2D eigenvalue weighted by atomic mass is 9.73. The third kappa shape index (κ3) is 2.12. The van der Waals surface area contributed by atoms with Crippen molar-refractivity contribution in [1.82, 2.24) is 0 Å². The first kappa shape index (κ1) is 12.0. The number of benzene rings is 1.